The number of hydrogen-bond acceptors (Lipinski definition) is 5. The molecule has 1 aromatic carbocycles. The van der Waals surface area contributed by atoms with Crippen LogP contribution in [-0.2, 0) is 0 Å². The number of rotatable bonds is 9. The van der Waals surface area contributed by atoms with Crippen LogP contribution in [0.15, 0.2) is 10.9 Å². The summed E-state index contributed by atoms with van der Waals surface area (Å²) in [6.45, 7) is 16.8. The minimum absolute atomic E-state index is 0.0338. The molecule has 144 valence electrons. The summed E-state index contributed by atoms with van der Waals surface area (Å²) in [4.78, 5) is 16.0. The monoisotopic (exact) mass is 359 g/mol. The van der Waals surface area contributed by atoms with Crippen LogP contribution in [0.5, 0.6) is 0 Å². The third-order valence-corrected chi connectivity index (χ3v) is 3.49. The van der Waals surface area contributed by atoms with Crippen molar-refractivity contribution in [1.29, 1.82) is 0 Å². The average molecular weight is 360 g/mol. The van der Waals surface area contributed by atoms with E-state index in [0.29, 0.717) is 4.51 Å². The lowest BCUT2D eigenvalue weighted by molar-refractivity contribution is 0.272. The van der Waals surface area contributed by atoms with Crippen LogP contribution in [0.25, 0.3) is 0 Å². The lowest BCUT2D eigenvalue weighted by atomic mass is 10.2. The number of hydrogen-bond donors (Lipinski definition) is 1. The van der Waals surface area contributed by atoms with Crippen molar-refractivity contribution in [1.82, 2.24) is 4.90 Å². The van der Waals surface area contributed by atoms with E-state index in [4.69, 9.17) is 12.2 Å². The Balaban J connectivity index is -0.000000659. The molecule has 0 amide bonds. The van der Waals surface area contributed by atoms with Gasteiger partial charge in [-0.3, -0.25) is 4.79 Å². The molecule has 0 atom stereocenters. The molecule has 0 aromatic heterocycles. The SMILES string of the molecule is CC.CC.CCCN(CCC)CCCN(C)c1cc(=S)c1=O.CN. The smallest absolute Gasteiger partial charge is 0.219 e. The van der Waals surface area contributed by atoms with Crippen molar-refractivity contribution in [2.75, 3.05) is 45.2 Å². The molecular weight excluding hydrogens is 318 g/mol. The first-order valence-corrected chi connectivity index (χ1v) is 9.82. The molecule has 0 spiro atoms. The molecule has 0 unspecified atom stereocenters. The molecule has 0 aliphatic rings. The topological polar surface area (TPSA) is 49.6 Å². The third kappa shape index (κ3) is 11.7. The van der Waals surface area contributed by atoms with Crippen molar-refractivity contribution in [3.63, 3.8) is 0 Å². The minimum atomic E-state index is 0.0338. The zero-order valence-electron chi connectivity index (χ0n) is 17.3. The van der Waals surface area contributed by atoms with Gasteiger partial charge in [-0.15, -0.1) is 0 Å². The number of anilines is 1. The Morgan fingerprint density at radius 1 is 0.958 bits per heavy atom. The maximum absolute atomic E-state index is 11.4. The Hall–Kier alpha value is -0.780. The fourth-order valence-corrected chi connectivity index (χ4v) is 2.42. The summed E-state index contributed by atoms with van der Waals surface area (Å²) in [5.74, 6) is 0. The van der Waals surface area contributed by atoms with Gasteiger partial charge in [-0.1, -0.05) is 53.8 Å². The van der Waals surface area contributed by atoms with Gasteiger partial charge in [0.05, 0.1) is 10.2 Å². The van der Waals surface area contributed by atoms with Gasteiger partial charge < -0.3 is 15.5 Å². The van der Waals surface area contributed by atoms with Gasteiger partial charge >= 0.3 is 0 Å². The molecule has 0 saturated carbocycles. The average Bonchev–Trinajstić information content (AvgIpc) is 2.64. The van der Waals surface area contributed by atoms with Crippen molar-refractivity contribution >= 4 is 17.9 Å². The predicted molar refractivity (Wildman–Crippen MR) is 114 cm³/mol. The largest absolute Gasteiger partial charge is 0.371 e. The summed E-state index contributed by atoms with van der Waals surface area (Å²) in [7, 11) is 3.47. The van der Waals surface area contributed by atoms with E-state index in [0.717, 1.165) is 25.2 Å². The highest BCUT2D eigenvalue weighted by Crippen LogP contribution is 2.10. The first-order valence-electron chi connectivity index (χ1n) is 9.41. The molecule has 1 aromatic rings. The van der Waals surface area contributed by atoms with E-state index in [1.54, 1.807) is 6.07 Å². The van der Waals surface area contributed by atoms with Crippen molar-refractivity contribution in [2.24, 2.45) is 5.73 Å². The predicted octanol–water partition coefficient (Wildman–Crippen LogP) is 4.23. The molecule has 0 heterocycles. The molecular formula is C19H41N3OS. The highest BCUT2D eigenvalue weighted by Gasteiger charge is 2.11. The van der Waals surface area contributed by atoms with Gasteiger partial charge in [0.15, 0.2) is 0 Å². The van der Waals surface area contributed by atoms with Gasteiger partial charge in [0.2, 0.25) is 5.43 Å². The van der Waals surface area contributed by atoms with Crippen molar-refractivity contribution in [3.8, 4) is 0 Å². The standard InChI is InChI=1S/C14H24N2OS.2C2H6.CH5N/c1-4-7-16(8-5-2)10-6-9-15(3)12-11-13(18)14(12)17;3*1-2/h11H,4-10H2,1-3H3;2*1-2H3;2H2,1H3. The van der Waals surface area contributed by atoms with E-state index in [1.165, 1.54) is 33.0 Å². The minimum Gasteiger partial charge on any atom is -0.371 e. The highest BCUT2D eigenvalue weighted by atomic mass is 32.1. The lowest BCUT2D eigenvalue weighted by Crippen LogP contribution is -2.32. The van der Waals surface area contributed by atoms with E-state index >= 15 is 0 Å². The Kier molecular flexibility index (Phi) is 23.7. The quantitative estimate of drug-likeness (QED) is 0.669. The van der Waals surface area contributed by atoms with Gasteiger partial charge in [-0.25, -0.2) is 0 Å². The molecule has 5 heteroatoms. The van der Waals surface area contributed by atoms with E-state index in [-0.39, 0.29) is 5.43 Å². The van der Waals surface area contributed by atoms with Crippen LogP contribution in [0.2, 0.25) is 0 Å². The van der Waals surface area contributed by atoms with E-state index in [9.17, 15) is 4.79 Å². The van der Waals surface area contributed by atoms with Crippen LogP contribution in [0, 0.1) is 4.51 Å². The Morgan fingerprint density at radius 3 is 1.75 bits per heavy atom. The van der Waals surface area contributed by atoms with E-state index < -0.39 is 0 Å². The molecule has 0 aliphatic heterocycles. The van der Waals surface area contributed by atoms with Crippen LogP contribution in [0.3, 0.4) is 0 Å². The summed E-state index contributed by atoms with van der Waals surface area (Å²) >= 11 is 4.86. The molecule has 1 rings (SSSR count). The van der Waals surface area contributed by atoms with Gasteiger partial charge in [0.25, 0.3) is 0 Å². The Morgan fingerprint density at radius 2 is 1.42 bits per heavy atom. The summed E-state index contributed by atoms with van der Waals surface area (Å²) in [6.07, 6.45) is 3.50. The zero-order chi connectivity index (χ0) is 19.5. The second kappa shape index (κ2) is 20.3. The normalized spacial score (nSPS) is 9.25. The van der Waals surface area contributed by atoms with E-state index in [1.807, 2.05) is 39.6 Å². The first kappa shape index (κ1) is 28.0. The second-order valence-electron chi connectivity index (χ2n) is 4.84. The zero-order valence-corrected chi connectivity index (χ0v) is 18.1. The molecule has 4 nitrogen and oxygen atoms in total. The Labute approximate surface area is 155 Å². The highest BCUT2D eigenvalue weighted by molar-refractivity contribution is 7.71. The molecule has 0 aliphatic carbocycles. The van der Waals surface area contributed by atoms with Crippen LogP contribution >= 0.6 is 12.2 Å². The van der Waals surface area contributed by atoms with Gasteiger partial charge in [0.1, 0.15) is 0 Å². The van der Waals surface area contributed by atoms with Crippen LogP contribution < -0.4 is 16.1 Å². The summed E-state index contributed by atoms with van der Waals surface area (Å²) in [5.41, 5.74) is 5.31. The van der Waals surface area contributed by atoms with Crippen molar-refractivity contribution in [2.45, 2.75) is 60.8 Å². The van der Waals surface area contributed by atoms with Gasteiger partial charge in [0, 0.05) is 13.6 Å². The summed E-state index contributed by atoms with van der Waals surface area (Å²) in [5, 5.41) is 0. The van der Waals surface area contributed by atoms with Crippen LogP contribution in [-0.4, -0.2) is 45.2 Å². The maximum Gasteiger partial charge on any atom is 0.219 e. The lowest BCUT2D eigenvalue weighted by Gasteiger charge is -2.24. The molecule has 2 N–H and O–H groups in total. The van der Waals surface area contributed by atoms with Crippen LogP contribution in [0.1, 0.15) is 60.8 Å². The Bertz CT molecular complexity index is 422. The summed E-state index contributed by atoms with van der Waals surface area (Å²) in [6, 6.07) is 1.80. The number of nitrogens with two attached hydrogens (primary N) is 1. The molecule has 0 saturated heterocycles. The molecule has 0 fully saturated rings. The maximum atomic E-state index is 11.4. The van der Waals surface area contributed by atoms with Crippen LogP contribution in [0.4, 0.5) is 5.69 Å². The van der Waals surface area contributed by atoms with E-state index in [2.05, 4.69) is 24.5 Å². The second-order valence-corrected chi connectivity index (χ2v) is 5.28. The van der Waals surface area contributed by atoms with Crippen molar-refractivity contribution in [3.05, 3.63) is 20.8 Å². The fourth-order valence-electron chi connectivity index (χ4n) is 2.21. The molecule has 0 radical (unpaired) electrons. The van der Waals surface area contributed by atoms with Gasteiger partial charge in [-0.05, 0) is 52.0 Å². The molecule has 0 bridgehead atoms. The molecule has 24 heavy (non-hydrogen) atoms. The van der Waals surface area contributed by atoms with Gasteiger partial charge in [-0.2, -0.15) is 0 Å². The first-order chi connectivity index (χ1) is 11.6. The third-order valence-electron chi connectivity index (χ3n) is 3.18. The number of nitrogens with zero attached hydrogens (tertiary/aromatic N) is 2. The summed E-state index contributed by atoms with van der Waals surface area (Å²) < 4.78 is 0.468. The fraction of sp³-hybridized carbons (Fsp3) is 0.789. The van der Waals surface area contributed by atoms with Crippen molar-refractivity contribution < 1.29 is 0 Å².